The van der Waals surface area contributed by atoms with Crippen LogP contribution in [0.25, 0.3) is 0 Å². The fourth-order valence-electron chi connectivity index (χ4n) is 4.54. The lowest BCUT2D eigenvalue weighted by atomic mass is 9.81. The molecule has 2 aliphatic rings. The monoisotopic (exact) mass is 460 g/mol. The van der Waals surface area contributed by atoms with Gasteiger partial charge in [-0.05, 0) is 67.6 Å². The third-order valence-electron chi connectivity index (χ3n) is 6.25. The van der Waals surface area contributed by atoms with Crippen molar-refractivity contribution in [1.82, 2.24) is 4.90 Å². The Morgan fingerprint density at radius 2 is 1.61 bits per heavy atom. The van der Waals surface area contributed by atoms with Crippen molar-refractivity contribution in [1.29, 1.82) is 0 Å². The lowest BCUT2D eigenvalue weighted by Gasteiger charge is -2.19. The number of sulfonamides is 1. The number of hydrogen-bond acceptors (Lipinski definition) is 4. The van der Waals surface area contributed by atoms with Crippen LogP contribution in [0.1, 0.15) is 42.4 Å². The van der Waals surface area contributed by atoms with Crippen molar-refractivity contribution < 1.29 is 18.0 Å². The molecule has 2 amide bonds. The van der Waals surface area contributed by atoms with E-state index in [1.54, 1.807) is 50.2 Å². The van der Waals surface area contributed by atoms with Gasteiger partial charge in [0.25, 0.3) is 10.0 Å². The molecular weight excluding hydrogens is 436 g/mol. The Labute approximate surface area is 187 Å². The van der Waals surface area contributed by atoms with Gasteiger partial charge in [0.2, 0.25) is 11.8 Å². The summed E-state index contributed by atoms with van der Waals surface area (Å²) in [4.78, 5) is 27.0. The molecule has 4 rings (SSSR count). The number of nitrogens with one attached hydrogen (secondary N) is 1. The summed E-state index contributed by atoms with van der Waals surface area (Å²) in [7, 11) is -3.86. The Bertz CT molecular complexity index is 1140. The van der Waals surface area contributed by atoms with Crippen LogP contribution in [0.4, 0.5) is 5.69 Å². The third kappa shape index (κ3) is 4.21. The second kappa shape index (κ2) is 8.28. The van der Waals surface area contributed by atoms with Crippen LogP contribution >= 0.6 is 11.6 Å². The molecule has 1 aliphatic carbocycles. The van der Waals surface area contributed by atoms with E-state index >= 15 is 0 Å². The van der Waals surface area contributed by atoms with Crippen molar-refractivity contribution in [3.8, 4) is 0 Å². The van der Waals surface area contributed by atoms with Gasteiger partial charge in [0.15, 0.2) is 0 Å². The number of imide groups is 1. The van der Waals surface area contributed by atoms with Crippen LogP contribution in [-0.4, -0.2) is 25.1 Å². The molecule has 0 spiro atoms. The summed E-state index contributed by atoms with van der Waals surface area (Å²) in [6.45, 7) is 3.58. The molecule has 2 atom stereocenters. The van der Waals surface area contributed by atoms with Crippen LogP contribution < -0.4 is 4.72 Å². The van der Waals surface area contributed by atoms with Crippen molar-refractivity contribution in [2.24, 2.45) is 11.8 Å². The molecule has 0 unspecified atom stereocenters. The van der Waals surface area contributed by atoms with Gasteiger partial charge in [-0.3, -0.25) is 19.2 Å². The summed E-state index contributed by atoms with van der Waals surface area (Å²) < 4.78 is 28.8. The van der Waals surface area contributed by atoms with Gasteiger partial charge in [0, 0.05) is 5.02 Å². The molecule has 1 N–H and O–H groups in total. The van der Waals surface area contributed by atoms with Crippen LogP contribution in [0.2, 0.25) is 5.02 Å². The first-order valence-electron chi connectivity index (χ1n) is 10.4. The number of benzene rings is 2. The zero-order valence-corrected chi connectivity index (χ0v) is 19.1. The summed E-state index contributed by atoms with van der Waals surface area (Å²) in [6, 6.07) is 9.96. The maximum absolute atomic E-state index is 13.1. The van der Waals surface area contributed by atoms with Crippen molar-refractivity contribution in [2.45, 2.75) is 51.0 Å². The fourth-order valence-corrected chi connectivity index (χ4v) is 6.20. The molecular formula is C23H25ClN2O4S. The Morgan fingerprint density at radius 1 is 0.968 bits per heavy atom. The molecule has 1 saturated carbocycles. The molecule has 2 aromatic carbocycles. The highest BCUT2D eigenvalue weighted by molar-refractivity contribution is 7.92. The SMILES string of the molecule is Cc1cc(Cl)ccc1NS(=O)(=O)c1cc(CN2C(=O)[C@H]3CCCC[C@H]3C2=O)ccc1C. The van der Waals surface area contributed by atoms with Gasteiger partial charge in [0.1, 0.15) is 0 Å². The largest absolute Gasteiger partial charge is 0.279 e. The summed E-state index contributed by atoms with van der Waals surface area (Å²) in [6.07, 6.45) is 3.45. The summed E-state index contributed by atoms with van der Waals surface area (Å²) in [5, 5.41) is 0.527. The van der Waals surface area contributed by atoms with Gasteiger partial charge < -0.3 is 0 Å². The summed E-state index contributed by atoms with van der Waals surface area (Å²) in [5.74, 6) is -0.696. The topological polar surface area (TPSA) is 83.6 Å². The first kappa shape index (κ1) is 21.8. The van der Waals surface area contributed by atoms with E-state index in [-0.39, 0.29) is 35.1 Å². The zero-order valence-electron chi connectivity index (χ0n) is 17.5. The number of carbonyl (C=O) groups excluding carboxylic acids is 2. The highest BCUT2D eigenvalue weighted by atomic mass is 35.5. The number of halogens is 1. The standard InChI is InChI=1S/C23H25ClN2O4S/c1-14-7-8-16(13-26-22(27)18-5-3-4-6-19(18)23(26)28)12-21(14)31(29,30)25-20-10-9-17(24)11-15(20)2/h7-12,18-19,25H,3-6,13H2,1-2H3/t18-,19+. The normalized spacial score (nSPS) is 21.3. The predicted molar refractivity (Wildman–Crippen MR) is 119 cm³/mol. The van der Waals surface area contributed by atoms with E-state index in [0.29, 0.717) is 27.4 Å². The van der Waals surface area contributed by atoms with Crippen molar-refractivity contribution >= 4 is 39.1 Å². The zero-order chi connectivity index (χ0) is 22.3. The average molecular weight is 461 g/mol. The highest BCUT2D eigenvalue weighted by Crippen LogP contribution is 2.38. The molecule has 8 heteroatoms. The number of amides is 2. The van der Waals surface area contributed by atoms with E-state index in [1.807, 2.05) is 0 Å². The molecule has 0 radical (unpaired) electrons. The van der Waals surface area contributed by atoms with Crippen LogP contribution in [0.3, 0.4) is 0 Å². The van der Waals surface area contributed by atoms with E-state index in [2.05, 4.69) is 4.72 Å². The van der Waals surface area contributed by atoms with E-state index in [9.17, 15) is 18.0 Å². The molecule has 1 aliphatic heterocycles. The summed E-state index contributed by atoms with van der Waals surface area (Å²) in [5.41, 5.74) is 2.35. The Morgan fingerprint density at radius 3 is 2.23 bits per heavy atom. The van der Waals surface area contributed by atoms with Crippen molar-refractivity contribution in [2.75, 3.05) is 4.72 Å². The number of nitrogens with zero attached hydrogens (tertiary/aromatic N) is 1. The average Bonchev–Trinajstić information content (AvgIpc) is 2.96. The van der Waals surface area contributed by atoms with E-state index in [0.717, 1.165) is 25.7 Å². The molecule has 164 valence electrons. The second-order valence-corrected chi connectivity index (χ2v) is 10.5. The first-order chi connectivity index (χ1) is 14.7. The molecule has 2 aromatic rings. The van der Waals surface area contributed by atoms with Crippen molar-refractivity contribution in [3.63, 3.8) is 0 Å². The molecule has 0 aromatic heterocycles. The number of hydrogen-bond donors (Lipinski definition) is 1. The van der Waals surface area contributed by atoms with Crippen LogP contribution in [0.5, 0.6) is 0 Å². The van der Waals surface area contributed by atoms with Crippen molar-refractivity contribution in [3.05, 3.63) is 58.1 Å². The van der Waals surface area contributed by atoms with E-state index < -0.39 is 10.0 Å². The van der Waals surface area contributed by atoms with E-state index in [1.165, 1.54) is 4.90 Å². The molecule has 31 heavy (non-hydrogen) atoms. The van der Waals surface area contributed by atoms with Gasteiger partial charge in [-0.15, -0.1) is 0 Å². The number of rotatable bonds is 5. The minimum absolute atomic E-state index is 0.0907. The van der Waals surface area contributed by atoms with Gasteiger partial charge in [-0.2, -0.15) is 0 Å². The Balaban J connectivity index is 1.60. The molecule has 1 saturated heterocycles. The van der Waals surface area contributed by atoms with Gasteiger partial charge in [-0.1, -0.05) is 36.6 Å². The minimum Gasteiger partial charge on any atom is -0.279 e. The number of aryl methyl sites for hydroxylation is 2. The molecule has 6 nitrogen and oxygen atoms in total. The maximum Gasteiger partial charge on any atom is 0.262 e. The number of anilines is 1. The lowest BCUT2D eigenvalue weighted by molar-refractivity contribution is -0.140. The van der Waals surface area contributed by atoms with E-state index in [4.69, 9.17) is 11.6 Å². The molecule has 0 bridgehead atoms. The Kier molecular flexibility index (Phi) is 5.83. The Hall–Kier alpha value is -2.38. The predicted octanol–water partition coefficient (Wildman–Crippen LogP) is 4.43. The second-order valence-electron chi connectivity index (χ2n) is 8.42. The minimum atomic E-state index is -3.86. The summed E-state index contributed by atoms with van der Waals surface area (Å²) >= 11 is 5.96. The van der Waals surface area contributed by atoms with Crippen LogP contribution in [0.15, 0.2) is 41.3 Å². The smallest absolute Gasteiger partial charge is 0.262 e. The number of likely N-dealkylation sites (tertiary alicyclic amines) is 1. The molecule has 2 fully saturated rings. The lowest BCUT2D eigenvalue weighted by Crippen LogP contribution is -2.30. The maximum atomic E-state index is 13.1. The number of fused-ring (bicyclic) bond motifs is 1. The fraction of sp³-hybridized carbons (Fsp3) is 0.391. The van der Waals surface area contributed by atoms with Crippen LogP contribution in [-0.2, 0) is 26.2 Å². The molecule has 1 heterocycles. The van der Waals surface area contributed by atoms with Crippen LogP contribution in [0, 0.1) is 25.7 Å². The third-order valence-corrected chi connectivity index (χ3v) is 7.99. The van der Waals surface area contributed by atoms with Gasteiger partial charge in [-0.25, -0.2) is 8.42 Å². The highest BCUT2D eigenvalue weighted by Gasteiger charge is 2.47. The van der Waals surface area contributed by atoms with Gasteiger partial charge in [0.05, 0.1) is 29.0 Å². The quantitative estimate of drug-likeness (QED) is 0.669. The number of carbonyl (C=O) groups is 2. The first-order valence-corrected chi connectivity index (χ1v) is 12.3. The van der Waals surface area contributed by atoms with Gasteiger partial charge >= 0.3 is 0 Å².